The summed E-state index contributed by atoms with van der Waals surface area (Å²) < 4.78 is 11.5. The molecule has 0 unspecified atom stereocenters. The van der Waals surface area contributed by atoms with Crippen LogP contribution in [0, 0.1) is 6.92 Å². The fourth-order valence-corrected chi connectivity index (χ4v) is 1.77. The van der Waals surface area contributed by atoms with E-state index >= 15 is 0 Å². The Morgan fingerprint density at radius 2 is 2.15 bits per heavy atom. The summed E-state index contributed by atoms with van der Waals surface area (Å²) in [5, 5.41) is 3.42. The van der Waals surface area contributed by atoms with Crippen molar-refractivity contribution in [2.45, 2.75) is 46.4 Å². The Hall–Kier alpha value is -1.81. The second-order valence-electron chi connectivity index (χ2n) is 5.90. The van der Waals surface area contributed by atoms with Gasteiger partial charge in [-0.05, 0) is 51.5 Å². The van der Waals surface area contributed by atoms with Gasteiger partial charge in [0, 0.05) is 11.7 Å². The van der Waals surface area contributed by atoms with Crippen LogP contribution >= 0.6 is 0 Å². The first-order valence-corrected chi connectivity index (χ1v) is 6.80. The maximum Gasteiger partial charge on any atom is 0.146 e. The molecule has 0 atom stereocenters. The highest BCUT2D eigenvalue weighted by Crippen LogP contribution is 2.18. The average Bonchev–Trinajstić information content (AvgIpc) is 2.75. The standard InChI is InChI=1S/C16H22N2O2/c1-12-8-14(11-19-13-6-5-7-17-9-13)20-15(12)10-18-16(2,3)4/h5-9,18H,10-11H2,1-4H3. The molecule has 0 fully saturated rings. The summed E-state index contributed by atoms with van der Waals surface area (Å²) in [6.07, 6.45) is 3.41. The Morgan fingerprint density at radius 1 is 1.35 bits per heavy atom. The Balaban J connectivity index is 1.93. The zero-order valence-corrected chi connectivity index (χ0v) is 12.6. The largest absolute Gasteiger partial charge is 0.484 e. The van der Waals surface area contributed by atoms with Crippen molar-refractivity contribution in [3.8, 4) is 5.75 Å². The fraction of sp³-hybridized carbons (Fsp3) is 0.438. The number of ether oxygens (including phenoxy) is 1. The summed E-state index contributed by atoms with van der Waals surface area (Å²) in [5.74, 6) is 2.54. The molecule has 4 heteroatoms. The first-order valence-electron chi connectivity index (χ1n) is 6.80. The van der Waals surface area contributed by atoms with Gasteiger partial charge in [-0.25, -0.2) is 0 Å². The molecule has 0 spiro atoms. The van der Waals surface area contributed by atoms with Crippen molar-refractivity contribution in [2.75, 3.05) is 0 Å². The van der Waals surface area contributed by atoms with Crippen LogP contribution in [0.15, 0.2) is 35.0 Å². The fourth-order valence-electron chi connectivity index (χ4n) is 1.77. The van der Waals surface area contributed by atoms with Crippen LogP contribution in [0.2, 0.25) is 0 Å². The van der Waals surface area contributed by atoms with Gasteiger partial charge in [0.25, 0.3) is 0 Å². The summed E-state index contributed by atoms with van der Waals surface area (Å²) in [4.78, 5) is 4.01. The number of nitrogens with one attached hydrogen (secondary N) is 1. The molecule has 20 heavy (non-hydrogen) atoms. The third-order valence-corrected chi connectivity index (χ3v) is 2.87. The van der Waals surface area contributed by atoms with E-state index in [-0.39, 0.29) is 5.54 Å². The molecule has 0 aliphatic heterocycles. The minimum absolute atomic E-state index is 0.0750. The lowest BCUT2D eigenvalue weighted by Gasteiger charge is -2.19. The normalized spacial score (nSPS) is 11.6. The van der Waals surface area contributed by atoms with Crippen molar-refractivity contribution < 1.29 is 9.15 Å². The number of aryl methyl sites for hydroxylation is 1. The maximum atomic E-state index is 5.82. The molecule has 2 heterocycles. The highest BCUT2D eigenvalue weighted by Gasteiger charge is 2.13. The molecule has 0 aromatic carbocycles. The molecule has 2 aromatic heterocycles. The molecule has 2 rings (SSSR count). The second kappa shape index (κ2) is 6.09. The Morgan fingerprint density at radius 3 is 2.80 bits per heavy atom. The lowest BCUT2D eigenvalue weighted by molar-refractivity contribution is 0.262. The maximum absolute atomic E-state index is 5.82. The SMILES string of the molecule is Cc1cc(COc2cccnc2)oc1CNC(C)(C)C. The molecular formula is C16H22N2O2. The van der Waals surface area contributed by atoms with Crippen LogP contribution in [-0.2, 0) is 13.2 Å². The van der Waals surface area contributed by atoms with Crippen LogP contribution in [0.1, 0.15) is 37.9 Å². The van der Waals surface area contributed by atoms with E-state index in [2.05, 4.69) is 38.0 Å². The number of hydrogen-bond donors (Lipinski definition) is 1. The molecule has 0 radical (unpaired) electrons. The minimum Gasteiger partial charge on any atom is -0.484 e. The third-order valence-electron chi connectivity index (χ3n) is 2.87. The molecule has 0 amide bonds. The summed E-state index contributed by atoms with van der Waals surface area (Å²) >= 11 is 0. The topological polar surface area (TPSA) is 47.3 Å². The summed E-state index contributed by atoms with van der Waals surface area (Å²) in [5.41, 5.74) is 1.22. The van der Waals surface area contributed by atoms with Crippen molar-refractivity contribution >= 4 is 0 Å². The van der Waals surface area contributed by atoms with Crippen molar-refractivity contribution in [3.05, 3.63) is 47.7 Å². The Labute approximate surface area is 120 Å². The van der Waals surface area contributed by atoms with Crippen LogP contribution < -0.4 is 10.1 Å². The van der Waals surface area contributed by atoms with Crippen molar-refractivity contribution in [2.24, 2.45) is 0 Å². The Bertz CT molecular complexity index is 541. The number of rotatable bonds is 5. The zero-order chi connectivity index (χ0) is 14.6. The number of aromatic nitrogens is 1. The van der Waals surface area contributed by atoms with Crippen molar-refractivity contribution in [1.82, 2.24) is 10.3 Å². The van der Waals surface area contributed by atoms with E-state index in [9.17, 15) is 0 Å². The highest BCUT2D eigenvalue weighted by atomic mass is 16.5. The smallest absolute Gasteiger partial charge is 0.146 e. The van der Waals surface area contributed by atoms with Crippen LogP contribution in [0.5, 0.6) is 5.75 Å². The van der Waals surface area contributed by atoms with Crippen LogP contribution in [0.4, 0.5) is 0 Å². The van der Waals surface area contributed by atoms with Crippen molar-refractivity contribution in [3.63, 3.8) is 0 Å². The van der Waals surface area contributed by atoms with Gasteiger partial charge in [0.2, 0.25) is 0 Å². The van der Waals surface area contributed by atoms with Gasteiger partial charge in [-0.3, -0.25) is 4.98 Å². The number of pyridine rings is 1. The van der Waals surface area contributed by atoms with E-state index in [1.807, 2.05) is 18.2 Å². The number of nitrogens with zero attached hydrogens (tertiary/aromatic N) is 1. The second-order valence-corrected chi connectivity index (χ2v) is 5.90. The molecule has 0 saturated heterocycles. The average molecular weight is 274 g/mol. The molecule has 108 valence electrons. The first kappa shape index (κ1) is 14.6. The predicted octanol–water partition coefficient (Wildman–Crippen LogP) is 3.45. The minimum atomic E-state index is 0.0750. The summed E-state index contributed by atoms with van der Waals surface area (Å²) in [6, 6.07) is 5.75. The zero-order valence-electron chi connectivity index (χ0n) is 12.6. The van der Waals surface area contributed by atoms with Gasteiger partial charge >= 0.3 is 0 Å². The number of furan rings is 1. The van der Waals surface area contributed by atoms with Crippen LogP contribution in [0.25, 0.3) is 0 Å². The van der Waals surface area contributed by atoms with Gasteiger partial charge in [0.1, 0.15) is 23.9 Å². The van der Waals surface area contributed by atoms with E-state index in [0.29, 0.717) is 6.61 Å². The van der Waals surface area contributed by atoms with Crippen molar-refractivity contribution in [1.29, 1.82) is 0 Å². The summed E-state index contributed by atoms with van der Waals surface area (Å²) in [6.45, 7) is 9.61. The predicted molar refractivity (Wildman–Crippen MR) is 78.6 cm³/mol. The van der Waals surface area contributed by atoms with Gasteiger partial charge in [0.05, 0.1) is 12.7 Å². The summed E-state index contributed by atoms with van der Waals surface area (Å²) in [7, 11) is 0. The Kier molecular flexibility index (Phi) is 4.45. The van der Waals surface area contributed by atoms with Gasteiger partial charge in [-0.2, -0.15) is 0 Å². The molecule has 0 saturated carbocycles. The quantitative estimate of drug-likeness (QED) is 0.907. The van der Waals surface area contributed by atoms with Gasteiger partial charge in [-0.1, -0.05) is 0 Å². The molecule has 0 bridgehead atoms. The lowest BCUT2D eigenvalue weighted by Crippen LogP contribution is -2.35. The molecular weight excluding hydrogens is 252 g/mol. The third kappa shape index (κ3) is 4.38. The molecule has 0 aliphatic carbocycles. The van der Waals surface area contributed by atoms with E-state index in [1.54, 1.807) is 12.4 Å². The monoisotopic (exact) mass is 274 g/mol. The van der Waals surface area contributed by atoms with E-state index in [4.69, 9.17) is 9.15 Å². The van der Waals surface area contributed by atoms with Crippen LogP contribution in [-0.4, -0.2) is 10.5 Å². The van der Waals surface area contributed by atoms with E-state index < -0.39 is 0 Å². The highest BCUT2D eigenvalue weighted by molar-refractivity contribution is 5.21. The van der Waals surface area contributed by atoms with Crippen LogP contribution in [0.3, 0.4) is 0 Å². The molecule has 2 aromatic rings. The first-order chi connectivity index (χ1) is 9.44. The van der Waals surface area contributed by atoms with Gasteiger partial charge in [-0.15, -0.1) is 0 Å². The molecule has 4 nitrogen and oxygen atoms in total. The van der Waals surface area contributed by atoms with Gasteiger partial charge in [0.15, 0.2) is 0 Å². The van der Waals surface area contributed by atoms with Gasteiger partial charge < -0.3 is 14.5 Å². The lowest BCUT2D eigenvalue weighted by atomic mass is 10.1. The van der Waals surface area contributed by atoms with E-state index in [1.165, 1.54) is 0 Å². The molecule has 0 aliphatic rings. The number of hydrogen-bond acceptors (Lipinski definition) is 4. The molecule has 1 N–H and O–H groups in total. The van der Waals surface area contributed by atoms with E-state index in [0.717, 1.165) is 29.4 Å².